The molecule has 1 rings (SSSR count). The van der Waals surface area contributed by atoms with Gasteiger partial charge in [0.25, 0.3) is 0 Å². The average molecular weight is 182 g/mol. The minimum Gasteiger partial charge on any atom is -0.478 e. The fraction of sp³-hybridized carbons (Fsp3) is 0.222. The summed E-state index contributed by atoms with van der Waals surface area (Å²) in [5.74, 6) is -0.861. The van der Waals surface area contributed by atoms with Gasteiger partial charge < -0.3 is 5.11 Å². The Balaban J connectivity index is 2.95. The van der Waals surface area contributed by atoms with Gasteiger partial charge in [-0.3, -0.25) is 0 Å². The molecule has 12 heavy (non-hydrogen) atoms. The summed E-state index contributed by atoms with van der Waals surface area (Å²) >= 11 is 1.62. The maximum absolute atomic E-state index is 10.5. The number of hydrogen-bond donors (Lipinski definition) is 1. The van der Waals surface area contributed by atoms with Gasteiger partial charge in [-0.1, -0.05) is 0 Å². The highest BCUT2D eigenvalue weighted by atomic mass is 32.1. The second-order valence-corrected chi connectivity index (χ2v) is 3.68. The monoisotopic (exact) mass is 182 g/mol. The third-order valence-corrected chi connectivity index (χ3v) is 2.47. The molecular formula is C9H10O2S. The third kappa shape index (κ3) is 1.95. The standard InChI is InChI=1S/C9H10O2S/c1-6(9(10)11)5-8-3-4-12-7(8)2/h3-5H,1-2H3,(H,10,11)/b6-5-. The van der Waals surface area contributed by atoms with Crippen molar-refractivity contribution in [3.63, 3.8) is 0 Å². The fourth-order valence-electron chi connectivity index (χ4n) is 0.840. The highest BCUT2D eigenvalue weighted by Gasteiger charge is 2.01. The van der Waals surface area contributed by atoms with Gasteiger partial charge in [0.2, 0.25) is 0 Å². The first-order valence-corrected chi connectivity index (χ1v) is 4.45. The summed E-state index contributed by atoms with van der Waals surface area (Å²) in [5.41, 5.74) is 1.37. The first kappa shape index (κ1) is 9.00. The van der Waals surface area contributed by atoms with Crippen LogP contribution < -0.4 is 0 Å². The van der Waals surface area contributed by atoms with Gasteiger partial charge >= 0.3 is 5.97 Å². The lowest BCUT2D eigenvalue weighted by molar-refractivity contribution is -0.132. The van der Waals surface area contributed by atoms with Gasteiger partial charge in [-0.2, -0.15) is 0 Å². The number of carbonyl (C=O) groups is 1. The zero-order chi connectivity index (χ0) is 9.14. The Hall–Kier alpha value is -1.09. The van der Waals surface area contributed by atoms with Crippen molar-refractivity contribution >= 4 is 23.4 Å². The molecular weight excluding hydrogens is 172 g/mol. The molecule has 0 atom stereocenters. The van der Waals surface area contributed by atoms with Crippen LogP contribution in [-0.4, -0.2) is 11.1 Å². The molecule has 0 bridgehead atoms. The smallest absolute Gasteiger partial charge is 0.331 e. The number of aliphatic carboxylic acids is 1. The molecule has 0 saturated heterocycles. The quantitative estimate of drug-likeness (QED) is 0.714. The van der Waals surface area contributed by atoms with Gasteiger partial charge in [0, 0.05) is 10.5 Å². The summed E-state index contributed by atoms with van der Waals surface area (Å²) < 4.78 is 0. The molecule has 0 aliphatic heterocycles. The Kier molecular flexibility index (Phi) is 2.65. The number of aryl methyl sites for hydroxylation is 1. The molecule has 1 N–H and O–H groups in total. The highest BCUT2D eigenvalue weighted by molar-refractivity contribution is 7.10. The van der Waals surface area contributed by atoms with Crippen molar-refractivity contribution in [1.82, 2.24) is 0 Å². The molecule has 0 aliphatic carbocycles. The zero-order valence-corrected chi connectivity index (χ0v) is 7.81. The first-order valence-electron chi connectivity index (χ1n) is 3.57. The third-order valence-electron chi connectivity index (χ3n) is 1.61. The van der Waals surface area contributed by atoms with E-state index in [1.807, 2.05) is 18.4 Å². The molecule has 0 saturated carbocycles. The molecule has 0 radical (unpaired) electrons. The Morgan fingerprint density at radius 2 is 2.33 bits per heavy atom. The zero-order valence-electron chi connectivity index (χ0n) is 7.00. The van der Waals surface area contributed by atoms with Crippen LogP contribution >= 0.6 is 11.3 Å². The summed E-state index contributed by atoms with van der Waals surface area (Å²) in [5, 5.41) is 10.6. The van der Waals surface area contributed by atoms with E-state index in [1.165, 1.54) is 0 Å². The minimum absolute atomic E-state index is 0.372. The molecule has 0 aromatic carbocycles. The van der Waals surface area contributed by atoms with Crippen LogP contribution in [0.4, 0.5) is 0 Å². The Morgan fingerprint density at radius 3 is 2.75 bits per heavy atom. The van der Waals surface area contributed by atoms with Crippen LogP contribution in [-0.2, 0) is 4.79 Å². The van der Waals surface area contributed by atoms with E-state index in [2.05, 4.69) is 0 Å². The summed E-state index contributed by atoms with van der Waals surface area (Å²) in [6.07, 6.45) is 1.69. The van der Waals surface area contributed by atoms with Crippen molar-refractivity contribution in [2.45, 2.75) is 13.8 Å². The van der Waals surface area contributed by atoms with E-state index < -0.39 is 5.97 Å². The van der Waals surface area contributed by atoms with Crippen LogP contribution in [0.3, 0.4) is 0 Å². The number of thiophene rings is 1. The van der Waals surface area contributed by atoms with Crippen LogP contribution in [0.25, 0.3) is 6.08 Å². The molecule has 0 aliphatic rings. The topological polar surface area (TPSA) is 37.3 Å². The molecule has 3 heteroatoms. The molecule has 1 aromatic rings. The van der Waals surface area contributed by atoms with E-state index in [9.17, 15) is 4.79 Å². The van der Waals surface area contributed by atoms with Crippen molar-refractivity contribution in [1.29, 1.82) is 0 Å². The molecule has 0 amide bonds. The normalized spacial score (nSPS) is 11.7. The lowest BCUT2D eigenvalue weighted by Crippen LogP contribution is -1.95. The van der Waals surface area contributed by atoms with Crippen molar-refractivity contribution in [2.24, 2.45) is 0 Å². The molecule has 1 aromatic heterocycles. The van der Waals surface area contributed by atoms with Gasteiger partial charge in [-0.05, 0) is 36.9 Å². The summed E-state index contributed by atoms with van der Waals surface area (Å²) in [6, 6.07) is 1.92. The lowest BCUT2D eigenvalue weighted by Gasteiger charge is -1.92. The van der Waals surface area contributed by atoms with Gasteiger partial charge in [-0.15, -0.1) is 11.3 Å². The van der Waals surface area contributed by atoms with Crippen LogP contribution in [0.2, 0.25) is 0 Å². The summed E-state index contributed by atoms with van der Waals surface area (Å²) in [4.78, 5) is 11.6. The van der Waals surface area contributed by atoms with E-state index in [4.69, 9.17) is 5.11 Å². The first-order chi connectivity index (χ1) is 5.61. The molecule has 0 fully saturated rings. The molecule has 0 spiro atoms. The van der Waals surface area contributed by atoms with Gasteiger partial charge in [0.15, 0.2) is 0 Å². The fourth-order valence-corrected chi connectivity index (χ4v) is 1.52. The predicted octanol–water partition coefficient (Wildman–Crippen LogP) is 2.54. The number of carboxylic acid groups (broad SMARTS) is 1. The molecule has 2 nitrogen and oxygen atoms in total. The number of hydrogen-bond acceptors (Lipinski definition) is 2. The van der Waals surface area contributed by atoms with Crippen molar-refractivity contribution in [3.8, 4) is 0 Å². The Morgan fingerprint density at radius 1 is 1.67 bits per heavy atom. The number of rotatable bonds is 2. The van der Waals surface area contributed by atoms with Crippen molar-refractivity contribution in [3.05, 3.63) is 27.5 Å². The second-order valence-electron chi connectivity index (χ2n) is 2.56. The van der Waals surface area contributed by atoms with Gasteiger partial charge in [0.1, 0.15) is 0 Å². The highest BCUT2D eigenvalue weighted by Crippen LogP contribution is 2.17. The van der Waals surface area contributed by atoms with E-state index >= 15 is 0 Å². The number of carboxylic acids is 1. The molecule has 0 unspecified atom stereocenters. The van der Waals surface area contributed by atoms with Gasteiger partial charge in [-0.25, -0.2) is 4.79 Å². The van der Waals surface area contributed by atoms with Gasteiger partial charge in [0.05, 0.1) is 0 Å². The van der Waals surface area contributed by atoms with Crippen LogP contribution in [0.5, 0.6) is 0 Å². The van der Waals surface area contributed by atoms with E-state index in [0.717, 1.165) is 10.4 Å². The maximum atomic E-state index is 10.5. The Bertz CT molecular complexity index is 323. The van der Waals surface area contributed by atoms with Crippen LogP contribution in [0.1, 0.15) is 17.4 Å². The predicted molar refractivity (Wildman–Crippen MR) is 50.3 cm³/mol. The SMILES string of the molecule is C/C(=C/c1ccsc1C)C(=O)O. The summed E-state index contributed by atoms with van der Waals surface area (Å²) in [6.45, 7) is 3.57. The van der Waals surface area contributed by atoms with E-state index in [0.29, 0.717) is 5.57 Å². The van der Waals surface area contributed by atoms with Crippen LogP contribution in [0.15, 0.2) is 17.0 Å². The van der Waals surface area contributed by atoms with E-state index in [1.54, 1.807) is 24.3 Å². The largest absolute Gasteiger partial charge is 0.478 e. The second kappa shape index (κ2) is 3.54. The van der Waals surface area contributed by atoms with Crippen molar-refractivity contribution in [2.75, 3.05) is 0 Å². The van der Waals surface area contributed by atoms with Crippen LogP contribution in [0, 0.1) is 6.92 Å². The summed E-state index contributed by atoms with van der Waals surface area (Å²) in [7, 11) is 0. The molecule has 1 heterocycles. The minimum atomic E-state index is -0.861. The molecule has 64 valence electrons. The lowest BCUT2D eigenvalue weighted by atomic mass is 10.2. The van der Waals surface area contributed by atoms with Crippen molar-refractivity contribution < 1.29 is 9.90 Å². The Labute approximate surface area is 75.2 Å². The average Bonchev–Trinajstić information content (AvgIpc) is 2.36. The van der Waals surface area contributed by atoms with E-state index in [-0.39, 0.29) is 0 Å². The maximum Gasteiger partial charge on any atom is 0.331 e.